The van der Waals surface area contributed by atoms with Crippen molar-refractivity contribution in [1.82, 2.24) is 20.6 Å². The van der Waals surface area contributed by atoms with E-state index in [0.29, 0.717) is 12.1 Å². The molecule has 0 radical (unpaired) electrons. The molecule has 2 heterocycles. The maximum absolute atomic E-state index is 14.0. The van der Waals surface area contributed by atoms with E-state index in [1.165, 1.54) is 18.2 Å². The number of halogens is 1. The molecule has 1 aromatic carbocycles. The van der Waals surface area contributed by atoms with E-state index in [0.717, 1.165) is 6.20 Å². The summed E-state index contributed by atoms with van der Waals surface area (Å²) in [6.07, 6.45) is 1.12. The molecule has 7 nitrogen and oxygen atoms in total. The number of nitrogens with zero attached hydrogens (tertiary/aromatic N) is 2. The van der Waals surface area contributed by atoms with Crippen LogP contribution in [0, 0.1) is 17.1 Å². The van der Waals surface area contributed by atoms with Gasteiger partial charge in [-0.1, -0.05) is 18.2 Å². The highest BCUT2D eigenvalue weighted by molar-refractivity contribution is 7.89. The van der Waals surface area contributed by atoms with Crippen LogP contribution in [0.2, 0.25) is 0 Å². The topological polar surface area (TPSA) is 107 Å². The van der Waals surface area contributed by atoms with E-state index in [9.17, 15) is 12.8 Å². The first-order chi connectivity index (χ1) is 11.5. The monoisotopic (exact) mass is 347 g/mol. The summed E-state index contributed by atoms with van der Waals surface area (Å²) in [4.78, 5) is 3.70. The lowest BCUT2D eigenvalue weighted by Gasteiger charge is -2.20. The van der Waals surface area contributed by atoms with Gasteiger partial charge in [0, 0.05) is 18.3 Å². The average molecular weight is 347 g/mol. The normalized spacial score (nSPS) is 20.7. The fourth-order valence-electron chi connectivity index (χ4n) is 2.50. The minimum Gasteiger partial charge on any atom is -0.256 e. The fraction of sp³-hybridized carbons (Fsp3) is 0.200. The third-order valence-electron chi connectivity index (χ3n) is 3.69. The predicted octanol–water partition coefficient (Wildman–Crippen LogP) is 0.588. The third-order valence-corrected chi connectivity index (χ3v) is 5.17. The van der Waals surface area contributed by atoms with E-state index in [1.54, 1.807) is 18.2 Å². The first kappa shape index (κ1) is 16.5. The minimum atomic E-state index is -3.85. The van der Waals surface area contributed by atoms with Gasteiger partial charge in [-0.15, -0.1) is 0 Å². The van der Waals surface area contributed by atoms with Crippen LogP contribution >= 0.6 is 0 Å². The van der Waals surface area contributed by atoms with Gasteiger partial charge < -0.3 is 0 Å². The summed E-state index contributed by atoms with van der Waals surface area (Å²) in [6.45, 7) is 0.294. The molecule has 0 spiro atoms. The molecule has 0 bridgehead atoms. The Hall–Kier alpha value is -2.38. The molecule has 1 fully saturated rings. The Morgan fingerprint density at radius 2 is 2.08 bits per heavy atom. The molecule has 1 aliphatic rings. The van der Waals surface area contributed by atoms with Crippen molar-refractivity contribution in [2.45, 2.75) is 17.0 Å². The van der Waals surface area contributed by atoms with Gasteiger partial charge in [0.15, 0.2) is 0 Å². The first-order valence-corrected chi connectivity index (χ1v) is 8.61. The molecule has 2 atom stereocenters. The zero-order chi connectivity index (χ0) is 17.2. The summed E-state index contributed by atoms with van der Waals surface area (Å²) >= 11 is 0. The summed E-state index contributed by atoms with van der Waals surface area (Å²) in [6, 6.07) is 9.52. The maximum Gasteiger partial charge on any atom is 0.242 e. The van der Waals surface area contributed by atoms with Gasteiger partial charge in [-0.2, -0.15) is 5.26 Å². The van der Waals surface area contributed by atoms with Crippen LogP contribution in [-0.2, 0) is 10.0 Å². The number of rotatable bonds is 4. The van der Waals surface area contributed by atoms with E-state index in [-0.39, 0.29) is 10.6 Å². The molecule has 3 rings (SSSR count). The van der Waals surface area contributed by atoms with Gasteiger partial charge in [-0.3, -0.25) is 5.43 Å². The number of aromatic nitrogens is 1. The van der Waals surface area contributed by atoms with Crippen molar-refractivity contribution in [2.24, 2.45) is 0 Å². The molecular weight excluding hydrogens is 333 g/mol. The minimum absolute atomic E-state index is 0.0549. The summed E-state index contributed by atoms with van der Waals surface area (Å²) < 4.78 is 41.4. The van der Waals surface area contributed by atoms with Crippen LogP contribution in [0.15, 0.2) is 47.5 Å². The number of hydrogen-bond donors (Lipinski definition) is 3. The summed E-state index contributed by atoms with van der Waals surface area (Å²) in [5.41, 5.74) is 6.21. The Balaban J connectivity index is 1.83. The number of sulfonamides is 1. The molecule has 0 saturated carbocycles. The smallest absolute Gasteiger partial charge is 0.242 e. The SMILES string of the molecule is N#Cc1ccc(S(=O)(=O)NC2CNNC2c2ccccc2F)cn1. The number of hydrazine groups is 1. The van der Waals surface area contributed by atoms with E-state index < -0.39 is 27.9 Å². The number of pyridine rings is 1. The van der Waals surface area contributed by atoms with Crippen molar-refractivity contribution >= 4 is 10.0 Å². The molecule has 24 heavy (non-hydrogen) atoms. The molecule has 124 valence electrons. The second-order valence-electron chi connectivity index (χ2n) is 5.24. The van der Waals surface area contributed by atoms with Crippen molar-refractivity contribution in [2.75, 3.05) is 6.54 Å². The molecular formula is C15H14FN5O2S. The van der Waals surface area contributed by atoms with Gasteiger partial charge in [0.2, 0.25) is 10.0 Å². The Kier molecular flexibility index (Phi) is 4.55. The fourth-order valence-corrected chi connectivity index (χ4v) is 3.69. The van der Waals surface area contributed by atoms with Gasteiger partial charge >= 0.3 is 0 Å². The maximum atomic E-state index is 14.0. The standard InChI is InChI=1S/C15H14FN5O2S/c16-13-4-2-1-3-12(13)15-14(9-19-20-15)21-24(22,23)11-6-5-10(7-17)18-8-11/h1-6,8,14-15,19-21H,9H2. The summed E-state index contributed by atoms with van der Waals surface area (Å²) in [5.74, 6) is -0.414. The van der Waals surface area contributed by atoms with E-state index >= 15 is 0 Å². The Labute approximate surface area is 138 Å². The second kappa shape index (κ2) is 6.62. The molecule has 9 heteroatoms. The molecule has 1 aliphatic heterocycles. The van der Waals surface area contributed by atoms with Crippen molar-refractivity contribution < 1.29 is 12.8 Å². The quantitative estimate of drug-likeness (QED) is 0.747. The summed E-state index contributed by atoms with van der Waals surface area (Å²) in [7, 11) is -3.85. The largest absolute Gasteiger partial charge is 0.256 e. The van der Waals surface area contributed by atoms with Crippen LogP contribution in [-0.4, -0.2) is 26.0 Å². The van der Waals surface area contributed by atoms with Gasteiger partial charge in [0.05, 0.1) is 12.1 Å². The highest BCUT2D eigenvalue weighted by atomic mass is 32.2. The van der Waals surface area contributed by atoms with Crippen molar-refractivity contribution in [3.05, 3.63) is 59.7 Å². The van der Waals surface area contributed by atoms with Gasteiger partial charge in [-0.25, -0.2) is 27.9 Å². The average Bonchev–Trinajstić information content (AvgIpc) is 3.02. The van der Waals surface area contributed by atoms with E-state index in [4.69, 9.17) is 5.26 Å². The number of nitrogens with one attached hydrogen (secondary N) is 3. The van der Waals surface area contributed by atoms with E-state index in [1.807, 2.05) is 6.07 Å². The number of nitriles is 1. The molecule has 1 aromatic heterocycles. The third kappa shape index (κ3) is 3.27. The second-order valence-corrected chi connectivity index (χ2v) is 6.96. The van der Waals surface area contributed by atoms with Crippen molar-refractivity contribution in [1.29, 1.82) is 5.26 Å². The van der Waals surface area contributed by atoms with Gasteiger partial charge in [-0.05, 0) is 18.2 Å². The Morgan fingerprint density at radius 1 is 1.29 bits per heavy atom. The zero-order valence-corrected chi connectivity index (χ0v) is 13.2. The Bertz CT molecular complexity index is 879. The first-order valence-electron chi connectivity index (χ1n) is 7.12. The van der Waals surface area contributed by atoms with Crippen molar-refractivity contribution in [3.8, 4) is 6.07 Å². The summed E-state index contributed by atoms with van der Waals surface area (Å²) in [5, 5.41) is 8.72. The van der Waals surface area contributed by atoms with Crippen LogP contribution in [0.3, 0.4) is 0 Å². The highest BCUT2D eigenvalue weighted by Gasteiger charge is 2.33. The highest BCUT2D eigenvalue weighted by Crippen LogP contribution is 2.23. The molecule has 1 saturated heterocycles. The van der Waals surface area contributed by atoms with Crippen LogP contribution < -0.4 is 15.6 Å². The number of hydrogen-bond acceptors (Lipinski definition) is 6. The van der Waals surface area contributed by atoms with Crippen LogP contribution in [0.25, 0.3) is 0 Å². The van der Waals surface area contributed by atoms with Gasteiger partial charge in [0.25, 0.3) is 0 Å². The Morgan fingerprint density at radius 3 is 2.75 bits per heavy atom. The van der Waals surface area contributed by atoms with Crippen LogP contribution in [0.5, 0.6) is 0 Å². The van der Waals surface area contributed by atoms with Crippen LogP contribution in [0.4, 0.5) is 4.39 Å². The zero-order valence-electron chi connectivity index (χ0n) is 12.4. The van der Waals surface area contributed by atoms with Crippen LogP contribution in [0.1, 0.15) is 17.3 Å². The molecule has 0 aliphatic carbocycles. The van der Waals surface area contributed by atoms with E-state index in [2.05, 4.69) is 20.6 Å². The lowest BCUT2D eigenvalue weighted by molar-refractivity contribution is 0.486. The predicted molar refractivity (Wildman–Crippen MR) is 83.3 cm³/mol. The number of benzene rings is 1. The molecule has 3 N–H and O–H groups in total. The lowest BCUT2D eigenvalue weighted by Crippen LogP contribution is -2.40. The van der Waals surface area contributed by atoms with Gasteiger partial charge in [0.1, 0.15) is 22.5 Å². The molecule has 2 unspecified atom stereocenters. The molecule has 0 amide bonds. The molecule has 2 aromatic rings. The lowest BCUT2D eigenvalue weighted by atomic mass is 10.0. The van der Waals surface area contributed by atoms with Crippen molar-refractivity contribution in [3.63, 3.8) is 0 Å².